The summed E-state index contributed by atoms with van der Waals surface area (Å²) in [6, 6.07) is 13.8. The second-order valence-electron chi connectivity index (χ2n) is 3.94. The number of carboxylic acids is 1. The highest BCUT2D eigenvalue weighted by Gasteiger charge is 2.06. The van der Waals surface area contributed by atoms with E-state index in [0.29, 0.717) is 0 Å². The van der Waals surface area contributed by atoms with Crippen LogP contribution in [-0.2, 0) is 17.8 Å². The van der Waals surface area contributed by atoms with Gasteiger partial charge < -0.3 is 5.11 Å². The van der Waals surface area contributed by atoms with Crippen molar-refractivity contribution in [3.05, 3.63) is 66.0 Å². The Kier molecular flexibility index (Phi) is 5.33. The van der Waals surface area contributed by atoms with Crippen LogP contribution in [0.25, 0.3) is 0 Å². The van der Waals surface area contributed by atoms with Gasteiger partial charge in [-0.3, -0.25) is 4.79 Å². The van der Waals surface area contributed by atoms with Crippen molar-refractivity contribution < 1.29 is 14.5 Å². The Hall–Kier alpha value is -1.87. The van der Waals surface area contributed by atoms with Crippen molar-refractivity contribution in [2.45, 2.75) is 13.0 Å². The molecule has 2 aromatic rings. The van der Waals surface area contributed by atoms with Gasteiger partial charge in [0.05, 0.1) is 6.42 Å². The second kappa shape index (κ2) is 6.77. The molecule has 1 N–H and O–H groups in total. The standard InChI is InChI=1S/C14H13NO2.ClH/c16-14(17)9-13-7-4-8-15(11-13)10-12-5-2-1-3-6-12;/h1-8,11H,9-10H2;1H/p+1. The van der Waals surface area contributed by atoms with Crippen LogP contribution in [0.1, 0.15) is 11.1 Å². The lowest BCUT2D eigenvalue weighted by Gasteiger charge is -1.99. The van der Waals surface area contributed by atoms with E-state index >= 15 is 0 Å². The average molecular weight is 265 g/mol. The molecule has 0 bridgehead atoms. The number of carboxylic acid groups (broad SMARTS) is 1. The molecule has 1 aromatic carbocycles. The van der Waals surface area contributed by atoms with Gasteiger partial charge in [-0.1, -0.05) is 30.3 Å². The number of nitrogens with zero attached hydrogens (tertiary/aromatic N) is 1. The minimum Gasteiger partial charge on any atom is -0.481 e. The van der Waals surface area contributed by atoms with Crippen LogP contribution in [0.4, 0.5) is 0 Å². The van der Waals surface area contributed by atoms with E-state index in [1.807, 2.05) is 47.3 Å². The van der Waals surface area contributed by atoms with Crippen molar-refractivity contribution in [3.8, 4) is 0 Å². The quantitative estimate of drug-likeness (QED) is 0.859. The van der Waals surface area contributed by atoms with E-state index in [4.69, 9.17) is 5.11 Å². The fourth-order valence-corrected chi connectivity index (χ4v) is 1.75. The van der Waals surface area contributed by atoms with Crippen LogP contribution >= 0.6 is 12.4 Å². The maximum Gasteiger partial charge on any atom is 0.308 e. The number of carbonyl (C=O) groups is 1. The molecule has 0 unspecified atom stereocenters. The van der Waals surface area contributed by atoms with Gasteiger partial charge in [-0.05, 0) is 6.07 Å². The third kappa shape index (κ3) is 4.18. The number of aromatic nitrogens is 1. The van der Waals surface area contributed by atoms with Gasteiger partial charge in [0.15, 0.2) is 18.9 Å². The molecule has 0 spiro atoms. The molecule has 0 fully saturated rings. The van der Waals surface area contributed by atoms with Gasteiger partial charge in [-0.15, -0.1) is 12.4 Å². The predicted octanol–water partition coefficient (Wildman–Crippen LogP) is 2.07. The first-order chi connectivity index (χ1) is 8.24. The van der Waals surface area contributed by atoms with Crippen molar-refractivity contribution in [3.63, 3.8) is 0 Å². The summed E-state index contributed by atoms with van der Waals surface area (Å²) < 4.78 is 1.99. The molecule has 18 heavy (non-hydrogen) atoms. The lowest BCUT2D eigenvalue weighted by Crippen LogP contribution is -2.34. The average Bonchev–Trinajstić information content (AvgIpc) is 2.30. The molecule has 0 aliphatic carbocycles. The highest BCUT2D eigenvalue weighted by Crippen LogP contribution is 2.00. The summed E-state index contributed by atoms with van der Waals surface area (Å²) in [5, 5.41) is 8.74. The first-order valence-corrected chi connectivity index (χ1v) is 5.48. The molecular formula is C14H15ClNO2+. The second-order valence-corrected chi connectivity index (χ2v) is 3.94. The Morgan fingerprint density at radius 3 is 2.39 bits per heavy atom. The summed E-state index contributed by atoms with van der Waals surface area (Å²) in [6.45, 7) is 0.758. The number of halogens is 1. The van der Waals surface area contributed by atoms with Crippen molar-refractivity contribution in [1.82, 2.24) is 0 Å². The van der Waals surface area contributed by atoms with Gasteiger partial charge in [-0.2, -0.15) is 0 Å². The Balaban J connectivity index is 0.00000162. The van der Waals surface area contributed by atoms with Crippen molar-refractivity contribution in [1.29, 1.82) is 0 Å². The molecule has 3 nitrogen and oxygen atoms in total. The number of hydrogen-bond donors (Lipinski definition) is 1. The van der Waals surface area contributed by atoms with Crippen molar-refractivity contribution in [2.24, 2.45) is 0 Å². The zero-order valence-corrected chi connectivity index (χ0v) is 10.6. The van der Waals surface area contributed by atoms with E-state index in [9.17, 15) is 4.79 Å². The molecule has 1 aromatic heterocycles. The monoisotopic (exact) mass is 264 g/mol. The van der Waals surface area contributed by atoms with E-state index < -0.39 is 5.97 Å². The SMILES string of the molecule is Cl.O=C(O)Cc1ccc[n+](Cc2ccccc2)c1. The highest BCUT2D eigenvalue weighted by molar-refractivity contribution is 5.85. The van der Waals surface area contributed by atoms with Crippen LogP contribution in [-0.4, -0.2) is 11.1 Å². The lowest BCUT2D eigenvalue weighted by atomic mass is 10.2. The minimum absolute atomic E-state index is 0. The Morgan fingerprint density at radius 1 is 1.06 bits per heavy atom. The van der Waals surface area contributed by atoms with Crippen molar-refractivity contribution in [2.75, 3.05) is 0 Å². The van der Waals surface area contributed by atoms with Gasteiger partial charge in [0.25, 0.3) is 0 Å². The summed E-state index contributed by atoms with van der Waals surface area (Å²) in [6.07, 6.45) is 3.88. The fourth-order valence-electron chi connectivity index (χ4n) is 1.75. The summed E-state index contributed by atoms with van der Waals surface area (Å²) in [5.41, 5.74) is 2.01. The summed E-state index contributed by atoms with van der Waals surface area (Å²) in [5.74, 6) is -0.803. The van der Waals surface area contributed by atoms with Gasteiger partial charge in [0.2, 0.25) is 0 Å². The van der Waals surface area contributed by atoms with Gasteiger partial charge in [0.1, 0.15) is 0 Å². The molecule has 4 heteroatoms. The molecule has 0 aliphatic rings. The predicted molar refractivity (Wildman–Crippen MR) is 70.8 cm³/mol. The van der Waals surface area contributed by atoms with Crippen LogP contribution in [0.3, 0.4) is 0 Å². The molecule has 0 atom stereocenters. The van der Waals surface area contributed by atoms with Gasteiger partial charge >= 0.3 is 5.97 Å². The molecular weight excluding hydrogens is 250 g/mol. The number of hydrogen-bond acceptors (Lipinski definition) is 1. The minimum atomic E-state index is -0.803. The van der Waals surface area contributed by atoms with Crippen LogP contribution in [0.5, 0.6) is 0 Å². The Morgan fingerprint density at radius 2 is 1.72 bits per heavy atom. The third-order valence-corrected chi connectivity index (χ3v) is 2.48. The zero-order chi connectivity index (χ0) is 12.1. The Labute approximate surface area is 112 Å². The molecule has 0 radical (unpaired) electrons. The molecule has 0 aliphatic heterocycles. The molecule has 2 rings (SSSR count). The van der Waals surface area contributed by atoms with Gasteiger partial charge in [0, 0.05) is 17.2 Å². The summed E-state index contributed by atoms with van der Waals surface area (Å²) >= 11 is 0. The van der Waals surface area contributed by atoms with Crippen LogP contribution in [0.15, 0.2) is 54.9 Å². The largest absolute Gasteiger partial charge is 0.481 e. The highest BCUT2D eigenvalue weighted by atomic mass is 35.5. The van der Waals surface area contributed by atoms with Crippen LogP contribution in [0.2, 0.25) is 0 Å². The lowest BCUT2D eigenvalue weighted by molar-refractivity contribution is -0.688. The zero-order valence-electron chi connectivity index (χ0n) is 9.82. The normalized spacial score (nSPS) is 9.56. The maximum absolute atomic E-state index is 10.6. The van der Waals surface area contributed by atoms with E-state index in [1.54, 1.807) is 0 Å². The smallest absolute Gasteiger partial charge is 0.308 e. The molecule has 0 saturated carbocycles. The third-order valence-electron chi connectivity index (χ3n) is 2.48. The first kappa shape index (κ1) is 14.2. The van der Waals surface area contributed by atoms with Gasteiger partial charge in [-0.25, -0.2) is 4.57 Å². The topological polar surface area (TPSA) is 41.2 Å². The van der Waals surface area contributed by atoms with E-state index in [1.165, 1.54) is 5.56 Å². The molecule has 94 valence electrons. The van der Waals surface area contributed by atoms with Crippen molar-refractivity contribution >= 4 is 18.4 Å². The maximum atomic E-state index is 10.6. The first-order valence-electron chi connectivity index (χ1n) is 5.48. The van der Waals surface area contributed by atoms with E-state index in [0.717, 1.165) is 12.1 Å². The van der Waals surface area contributed by atoms with E-state index in [-0.39, 0.29) is 18.8 Å². The fraction of sp³-hybridized carbons (Fsp3) is 0.143. The van der Waals surface area contributed by atoms with Crippen LogP contribution < -0.4 is 4.57 Å². The summed E-state index contributed by atoms with van der Waals surface area (Å²) in [7, 11) is 0. The molecule has 0 amide bonds. The summed E-state index contributed by atoms with van der Waals surface area (Å²) in [4.78, 5) is 10.6. The molecule has 0 saturated heterocycles. The molecule has 1 heterocycles. The van der Waals surface area contributed by atoms with E-state index in [2.05, 4.69) is 12.1 Å². The van der Waals surface area contributed by atoms with Crippen LogP contribution in [0, 0.1) is 0 Å². The number of pyridine rings is 1. The number of aliphatic carboxylic acids is 1. The number of benzene rings is 1. The Bertz CT molecular complexity index is 514. The number of rotatable bonds is 4.